The molecular formula is C12H18N2O4+2. The summed E-state index contributed by atoms with van der Waals surface area (Å²) in [7, 11) is 0. The molecule has 0 radical (unpaired) electrons. The maximum atomic E-state index is 11.7. The Balaban J connectivity index is 2.85. The van der Waals surface area contributed by atoms with Gasteiger partial charge in [-0.1, -0.05) is 12.1 Å². The number of carbonyl (C=O) groups excluding carboxylic acids is 2. The fourth-order valence-corrected chi connectivity index (χ4v) is 1.32. The normalized spacial score (nSPS) is 9.89. The molecule has 6 heteroatoms. The Morgan fingerprint density at radius 2 is 1.28 bits per heavy atom. The Bertz CT molecular complexity index is 381. The summed E-state index contributed by atoms with van der Waals surface area (Å²) in [5, 5.41) is 0. The van der Waals surface area contributed by atoms with Crippen LogP contribution in [0.25, 0.3) is 0 Å². The molecule has 98 valence electrons. The molecule has 6 nitrogen and oxygen atoms in total. The minimum absolute atomic E-state index is 0.208. The first-order valence-corrected chi connectivity index (χ1v) is 5.72. The predicted molar refractivity (Wildman–Crippen MR) is 62.5 cm³/mol. The van der Waals surface area contributed by atoms with Crippen LogP contribution in [0, 0.1) is 0 Å². The van der Waals surface area contributed by atoms with Crippen LogP contribution in [0.1, 0.15) is 20.7 Å². The molecule has 1 aromatic carbocycles. The van der Waals surface area contributed by atoms with Crippen molar-refractivity contribution in [1.29, 1.82) is 0 Å². The standard InChI is InChI=1S/C12H16N2O4/c13-5-7-17-11(15)9-3-1-2-4-10(9)12(16)18-8-6-14/h1-4H,5-8,13-14H2/p+2. The summed E-state index contributed by atoms with van der Waals surface area (Å²) in [5.74, 6) is -1.08. The number of hydrogen-bond acceptors (Lipinski definition) is 4. The number of carbonyl (C=O) groups is 2. The van der Waals surface area contributed by atoms with Crippen molar-refractivity contribution in [3.63, 3.8) is 0 Å². The number of benzene rings is 1. The van der Waals surface area contributed by atoms with E-state index in [-0.39, 0.29) is 24.3 Å². The van der Waals surface area contributed by atoms with E-state index in [0.29, 0.717) is 13.1 Å². The highest BCUT2D eigenvalue weighted by atomic mass is 16.5. The van der Waals surface area contributed by atoms with Crippen LogP contribution in [0.3, 0.4) is 0 Å². The van der Waals surface area contributed by atoms with Gasteiger partial charge in [0.1, 0.15) is 26.3 Å². The van der Waals surface area contributed by atoms with E-state index in [1.165, 1.54) is 12.1 Å². The van der Waals surface area contributed by atoms with E-state index in [2.05, 4.69) is 11.5 Å². The van der Waals surface area contributed by atoms with Crippen molar-refractivity contribution < 1.29 is 30.5 Å². The molecule has 0 aliphatic heterocycles. The molecule has 0 aromatic heterocycles. The van der Waals surface area contributed by atoms with Crippen LogP contribution in [0.4, 0.5) is 0 Å². The molecule has 1 rings (SSSR count). The largest absolute Gasteiger partial charge is 0.456 e. The van der Waals surface area contributed by atoms with E-state index >= 15 is 0 Å². The highest BCUT2D eigenvalue weighted by Gasteiger charge is 2.18. The number of ether oxygens (including phenoxy) is 2. The van der Waals surface area contributed by atoms with Crippen LogP contribution in [0.5, 0.6) is 0 Å². The average molecular weight is 254 g/mol. The lowest BCUT2D eigenvalue weighted by Gasteiger charge is -2.08. The topological polar surface area (TPSA) is 108 Å². The van der Waals surface area contributed by atoms with E-state index in [4.69, 9.17) is 9.47 Å². The zero-order chi connectivity index (χ0) is 13.4. The van der Waals surface area contributed by atoms with E-state index in [0.717, 1.165) is 0 Å². The maximum absolute atomic E-state index is 11.7. The number of rotatable bonds is 6. The molecule has 18 heavy (non-hydrogen) atoms. The summed E-state index contributed by atoms with van der Waals surface area (Å²) in [6, 6.07) is 6.40. The molecule has 0 spiro atoms. The van der Waals surface area contributed by atoms with Gasteiger partial charge >= 0.3 is 11.9 Å². The van der Waals surface area contributed by atoms with Crippen LogP contribution in [0.15, 0.2) is 24.3 Å². The van der Waals surface area contributed by atoms with Gasteiger partial charge in [-0.05, 0) is 12.1 Å². The summed E-state index contributed by atoms with van der Waals surface area (Å²) >= 11 is 0. The first kappa shape index (κ1) is 14.1. The second-order valence-corrected chi connectivity index (χ2v) is 3.52. The Kier molecular flexibility index (Phi) is 5.83. The fraction of sp³-hybridized carbons (Fsp3) is 0.333. The minimum atomic E-state index is -0.541. The van der Waals surface area contributed by atoms with Gasteiger partial charge in [-0.3, -0.25) is 0 Å². The van der Waals surface area contributed by atoms with Gasteiger partial charge in [0.25, 0.3) is 0 Å². The third-order valence-electron chi connectivity index (χ3n) is 2.12. The number of esters is 2. The number of quaternary nitrogens is 2. The molecule has 0 atom stereocenters. The number of hydrogen-bond donors (Lipinski definition) is 2. The molecule has 0 amide bonds. The molecule has 6 N–H and O–H groups in total. The Hall–Kier alpha value is -1.92. The summed E-state index contributed by atoms with van der Waals surface area (Å²) in [6.45, 7) is 1.42. The first-order valence-electron chi connectivity index (χ1n) is 5.72. The lowest BCUT2D eigenvalue weighted by molar-refractivity contribution is -0.372. The van der Waals surface area contributed by atoms with Crippen molar-refractivity contribution >= 4 is 11.9 Å². The maximum Gasteiger partial charge on any atom is 0.339 e. The Morgan fingerprint density at radius 3 is 1.61 bits per heavy atom. The molecule has 0 unspecified atom stereocenters. The van der Waals surface area contributed by atoms with Gasteiger partial charge in [-0.25, -0.2) is 9.59 Å². The lowest BCUT2D eigenvalue weighted by atomic mass is 10.1. The van der Waals surface area contributed by atoms with Crippen molar-refractivity contribution in [2.24, 2.45) is 0 Å². The van der Waals surface area contributed by atoms with Crippen molar-refractivity contribution in [2.45, 2.75) is 0 Å². The van der Waals surface area contributed by atoms with Gasteiger partial charge in [-0.2, -0.15) is 0 Å². The highest BCUT2D eigenvalue weighted by molar-refractivity contribution is 6.03. The van der Waals surface area contributed by atoms with Crippen molar-refractivity contribution in [3.8, 4) is 0 Å². The smallest absolute Gasteiger partial charge is 0.339 e. The van der Waals surface area contributed by atoms with Gasteiger partial charge in [0, 0.05) is 0 Å². The predicted octanol–water partition coefficient (Wildman–Crippen LogP) is -1.52. The van der Waals surface area contributed by atoms with E-state index in [1.807, 2.05) is 0 Å². The van der Waals surface area contributed by atoms with Crippen LogP contribution in [-0.4, -0.2) is 38.2 Å². The Morgan fingerprint density at radius 1 is 0.889 bits per heavy atom. The second kappa shape index (κ2) is 7.41. The molecule has 0 saturated carbocycles. The molecule has 0 heterocycles. The van der Waals surface area contributed by atoms with Crippen LogP contribution in [0.2, 0.25) is 0 Å². The van der Waals surface area contributed by atoms with E-state index < -0.39 is 11.9 Å². The monoisotopic (exact) mass is 254 g/mol. The average Bonchev–Trinajstić information content (AvgIpc) is 2.42. The molecule has 0 aliphatic carbocycles. The molecule has 0 saturated heterocycles. The first-order chi connectivity index (χ1) is 8.70. The molecule has 0 bridgehead atoms. The summed E-state index contributed by atoms with van der Waals surface area (Å²) in [4.78, 5) is 23.5. The lowest BCUT2D eigenvalue weighted by Crippen LogP contribution is -2.52. The van der Waals surface area contributed by atoms with Crippen molar-refractivity contribution in [1.82, 2.24) is 0 Å². The second-order valence-electron chi connectivity index (χ2n) is 3.52. The molecule has 0 aliphatic rings. The fourth-order valence-electron chi connectivity index (χ4n) is 1.32. The molecule has 0 fully saturated rings. The highest BCUT2D eigenvalue weighted by Crippen LogP contribution is 2.11. The van der Waals surface area contributed by atoms with E-state index in [9.17, 15) is 9.59 Å². The van der Waals surface area contributed by atoms with Gasteiger partial charge < -0.3 is 20.9 Å². The summed E-state index contributed by atoms with van der Waals surface area (Å²) in [6.07, 6.45) is 0. The van der Waals surface area contributed by atoms with Gasteiger partial charge in [0.05, 0.1) is 11.1 Å². The minimum Gasteiger partial charge on any atom is -0.456 e. The van der Waals surface area contributed by atoms with Gasteiger partial charge in [-0.15, -0.1) is 0 Å². The van der Waals surface area contributed by atoms with Crippen LogP contribution in [-0.2, 0) is 9.47 Å². The van der Waals surface area contributed by atoms with Crippen LogP contribution >= 0.6 is 0 Å². The zero-order valence-electron chi connectivity index (χ0n) is 10.2. The third kappa shape index (κ3) is 3.83. The molecule has 1 aromatic rings. The Labute approximate surface area is 105 Å². The van der Waals surface area contributed by atoms with Gasteiger partial charge in [0.15, 0.2) is 0 Å². The van der Waals surface area contributed by atoms with Crippen molar-refractivity contribution in [2.75, 3.05) is 26.3 Å². The van der Waals surface area contributed by atoms with Crippen LogP contribution < -0.4 is 11.5 Å². The summed E-state index contributed by atoms with van der Waals surface area (Å²) in [5.41, 5.74) is 7.56. The SMILES string of the molecule is [NH3+]CCOC(=O)c1ccccc1C(=O)OCC[NH3+]. The third-order valence-corrected chi connectivity index (χ3v) is 2.12. The quantitative estimate of drug-likeness (QED) is 0.601. The van der Waals surface area contributed by atoms with Crippen molar-refractivity contribution in [3.05, 3.63) is 35.4 Å². The molecular weight excluding hydrogens is 236 g/mol. The zero-order valence-corrected chi connectivity index (χ0v) is 10.2. The van der Waals surface area contributed by atoms with E-state index in [1.54, 1.807) is 12.1 Å². The van der Waals surface area contributed by atoms with Gasteiger partial charge in [0.2, 0.25) is 0 Å². The summed E-state index contributed by atoms with van der Waals surface area (Å²) < 4.78 is 9.90.